The molecular weight excluding hydrogens is 332 g/mol. The molecule has 1 atom stereocenters. The van der Waals surface area contributed by atoms with E-state index in [9.17, 15) is 4.79 Å². The van der Waals surface area contributed by atoms with Crippen molar-refractivity contribution >= 4 is 17.4 Å². The molecule has 2 aromatic carbocycles. The average Bonchev–Trinajstić information content (AvgIpc) is 3.17. The summed E-state index contributed by atoms with van der Waals surface area (Å²) in [6.07, 6.45) is 2.33. The number of nitrogens with zero attached hydrogens (tertiary/aromatic N) is 1. The maximum absolute atomic E-state index is 12.8. The Balaban J connectivity index is 1.85. The number of hydrogen-bond acceptors (Lipinski definition) is 4. The molecule has 0 aliphatic carbocycles. The van der Waals surface area contributed by atoms with Crippen molar-refractivity contribution in [3.05, 3.63) is 82.4 Å². The molecule has 2 heterocycles. The molecule has 0 radical (unpaired) electrons. The number of aromatic nitrogens is 1. The first-order valence-electron chi connectivity index (χ1n) is 8.22. The molecule has 0 saturated carbocycles. The summed E-state index contributed by atoms with van der Waals surface area (Å²) in [5.41, 5.74) is 2.63. The summed E-state index contributed by atoms with van der Waals surface area (Å²) in [6, 6.07) is 18.0. The van der Waals surface area contributed by atoms with Gasteiger partial charge in [-0.3, -0.25) is 4.79 Å². The van der Waals surface area contributed by atoms with Crippen LogP contribution in [-0.2, 0) is 5.54 Å². The molecule has 4 nitrogen and oxygen atoms in total. The lowest BCUT2D eigenvalue weighted by Gasteiger charge is -2.40. The molecular formula is C20H18N2O2S. The van der Waals surface area contributed by atoms with Crippen LogP contribution in [0.25, 0.3) is 0 Å². The molecule has 126 valence electrons. The lowest BCUT2D eigenvalue weighted by molar-refractivity contribution is 0.0892. The second-order valence-corrected chi connectivity index (χ2v) is 7.03. The van der Waals surface area contributed by atoms with Crippen LogP contribution >= 0.6 is 11.5 Å². The van der Waals surface area contributed by atoms with Crippen molar-refractivity contribution in [1.82, 2.24) is 9.69 Å². The van der Waals surface area contributed by atoms with Gasteiger partial charge in [-0.1, -0.05) is 48.0 Å². The zero-order valence-corrected chi connectivity index (χ0v) is 14.7. The van der Waals surface area contributed by atoms with Gasteiger partial charge in [0.05, 0.1) is 12.1 Å². The molecule has 25 heavy (non-hydrogen) atoms. The summed E-state index contributed by atoms with van der Waals surface area (Å²) in [7, 11) is 0. The third-order valence-corrected chi connectivity index (χ3v) is 5.36. The van der Waals surface area contributed by atoms with E-state index in [-0.39, 0.29) is 5.91 Å². The summed E-state index contributed by atoms with van der Waals surface area (Å²) < 4.78 is 9.88. The lowest BCUT2D eigenvalue weighted by atomic mass is 9.78. The Morgan fingerprint density at radius 3 is 2.72 bits per heavy atom. The monoisotopic (exact) mass is 350 g/mol. The molecule has 1 amide bonds. The fourth-order valence-electron chi connectivity index (χ4n) is 3.32. The third kappa shape index (κ3) is 2.81. The molecule has 3 aromatic rings. The molecule has 1 aromatic heterocycles. The summed E-state index contributed by atoms with van der Waals surface area (Å²) in [6.45, 7) is 2.61. The number of carbonyl (C=O) groups excluding carboxylic acids is 1. The topological polar surface area (TPSA) is 51.2 Å². The van der Waals surface area contributed by atoms with Crippen LogP contribution in [-0.4, -0.2) is 16.9 Å². The third-order valence-electron chi connectivity index (χ3n) is 4.61. The van der Waals surface area contributed by atoms with Crippen LogP contribution in [0.2, 0.25) is 0 Å². The van der Waals surface area contributed by atoms with Gasteiger partial charge in [-0.15, -0.1) is 0 Å². The molecule has 0 fully saturated rings. The SMILES string of the molecule is Cc1ccc([C@@]2(NC(=O)c3ccns3)CCOc3ccccc32)cc1. The van der Waals surface area contributed by atoms with Gasteiger partial charge >= 0.3 is 0 Å². The molecule has 0 unspecified atom stereocenters. The highest BCUT2D eigenvalue weighted by Crippen LogP contribution is 2.42. The van der Waals surface area contributed by atoms with E-state index >= 15 is 0 Å². The number of carbonyl (C=O) groups is 1. The first kappa shape index (κ1) is 15.8. The van der Waals surface area contributed by atoms with Crippen molar-refractivity contribution in [2.45, 2.75) is 18.9 Å². The Labute approximate surface area is 150 Å². The van der Waals surface area contributed by atoms with Gasteiger partial charge in [0.1, 0.15) is 10.6 Å². The molecule has 1 N–H and O–H groups in total. The number of benzene rings is 2. The molecule has 0 bridgehead atoms. The van der Waals surface area contributed by atoms with Gasteiger partial charge in [-0.25, -0.2) is 4.37 Å². The highest BCUT2D eigenvalue weighted by Gasteiger charge is 2.41. The van der Waals surface area contributed by atoms with Crippen LogP contribution in [0.15, 0.2) is 60.8 Å². The van der Waals surface area contributed by atoms with Gasteiger partial charge in [0, 0.05) is 18.2 Å². The summed E-state index contributed by atoms with van der Waals surface area (Å²) in [5.74, 6) is 0.707. The van der Waals surface area contributed by atoms with Gasteiger partial charge in [0.2, 0.25) is 0 Å². The summed E-state index contributed by atoms with van der Waals surface area (Å²) in [4.78, 5) is 13.5. The number of aryl methyl sites for hydroxylation is 1. The van der Waals surface area contributed by atoms with E-state index in [1.54, 1.807) is 12.3 Å². The predicted octanol–water partition coefficient (Wildman–Crippen LogP) is 3.91. The molecule has 5 heteroatoms. The number of amides is 1. The Bertz CT molecular complexity index is 890. The molecule has 4 rings (SSSR count). The first-order valence-corrected chi connectivity index (χ1v) is 8.99. The Kier molecular flexibility index (Phi) is 4.01. The number of rotatable bonds is 3. The van der Waals surface area contributed by atoms with Crippen LogP contribution < -0.4 is 10.1 Å². The number of para-hydroxylation sites is 1. The van der Waals surface area contributed by atoms with Crippen LogP contribution in [0.5, 0.6) is 5.75 Å². The molecule has 0 saturated heterocycles. The van der Waals surface area contributed by atoms with E-state index in [4.69, 9.17) is 4.74 Å². The maximum Gasteiger partial charge on any atom is 0.263 e. The van der Waals surface area contributed by atoms with E-state index in [0.29, 0.717) is 17.9 Å². The van der Waals surface area contributed by atoms with Crippen molar-refractivity contribution in [3.8, 4) is 5.75 Å². The minimum atomic E-state index is -0.608. The quantitative estimate of drug-likeness (QED) is 0.779. The van der Waals surface area contributed by atoms with E-state index < -0.39 is 5.54 Å². The van der Waals surface area contributed by atoms with Gasteiger partial charge in [-0.05, 0) is 36.2 Å². The van der Waals surface area contributed by atoms with Crippen LogP contribution in [0.1, 0.15) is 32.8 Å². The fourth-order valence-corrected chi connectivity index (χ4v) is 3.81. The minimum absolute atomic E-state index is 0.111. The van der Waals surface area contributed by atoms with Crippen molar-refractivity contribution in [1.29, 1.82) is 0 Å². The summed E-state index contributed by atoms with van der Waals surface area (Å²) in [5, 5.41) is 3.28. The lowest BCUT2D eigenvalue weighted by Crippen LogP contribution is -2.49. The highest BCUT2D eigenvalue weighted by molar-refractivity contribution is 7.08. The van der Waals surface area contributed by atoms with Crippen LogP contribution in [0.4, 0.5) is 0 Å². The number of ether oxygens (including phenoxy) is 1. The van der Waals surface area contributed by atoms with E-state index in [2.05, 4.69) is 40.9 Å². The Morgan fingerprint density at radius 2 is 1.96 bits per heavy atom. The van der Waals surface area contributed by atoms with Crippen molar-refractivity contribution in [2.24, 2.45) is 0 Å². The van der Waals surface area contributed by atoms with Crippen molar-refractivity contribution in [3.63, 3.8) is 0 Å². The highest BCUT2D eigenvalue weighted by atomic mass is 32.1. The van der Waals surface area contributed by atoms with E-state index in [0.717, 1.165) is 16.9 Å². The number of fused-ring (bicyclic) bond motifs is 1. The second kappa shape index (κ2) is 6.33. The summed E-state index contributed by atoms with van der Waals surface area (Å²) >= 11 is 1.20. The molecule has 1 aliphatic heterocycles. The minimum Gasteiger partial charge on any atom is -0.493 e. The van der Waals surface area contributed by atoms with Crippen LogP contribution in [0, 0.1) is 6.92 Å². The standard InChI is InChI=1S/C20H18N2O2S/c1-14-6-8-15(9-7-14)20(22-19(23)18-10-12-21-25-18)11-13-24-17-5-3-2-4-16(17)20/h2-10,12H,11,13H2,1H3,(H,22,23)/t20-/m0/s1. The second-order valence-electron chi connectivity index (χ2n) is 6.20. The number of hydrogen-bond donors (Lipinski definition) is 1. The van der Waals surface area contributed by atoms with Gasteiger partial charge in [0.15, 0.2) is 0 Å². The van der Waals surface area contributed by atoms with E-state index in [1.165, 1.54) is 17.1 Å². The number of nitrogens with one attached hydrogen (secondary N) is 1. The fraction of sp³-hybridized carbons (Fsp3) is 0.200. The van der Waals surface area contributed by atoms with E-state index in [1.807, 2.05) is 24.3 Å². The first-order chi connectivity index (χ1) is 12.2. The molecule has 1 aliphatic rings. The van der Waals surface area contributed by atoms with Gasteiger partial charge in [-0.2, -0.15) is 0 Å². The Morgan fingerprint density at radius 1 is 1.16 bits per heavy atom. The van der Waals surface area contributed by atoms with Crippen molar-refractivity contribution in [2.75, 3.05) is 6.61 Å². The average molecular weight is 350 g/mol. The zero-order valence-electron chi connectivity index (χ0n) is 13.9. The van der Waals surface area contributed by atoms with Crippen LogP contribution in [0.3, 0.4) is 0 Å². The van der Waals surface area contributed by atoms with Gasteiger partial charge in [0.25, 0.3) is 5.91 Å². The smallest absolute Gasteiger partial charge is 0.263 e. The van der Waals surface area contributed by atoms with Crippen molar-refractivity contribution < 1.29 is 9.53 Å². The zero-order chi connectivity index (χ0) is 17.3. The normalized spacial score (nSPS) is 18.9. The largest absolute Gasteiger partial charge is 0.493 e. The Hall–Kier alpha value is -2.66. The van der Waals surface area contributed by atoms with Gasteiger partial charge < -0.3 is 10.1 Å². The predicted molar refractivity (Wildman–Crippen MR) is 98.1 cm³/mol. The molecule has 0 spiro atoms. The maximum atomic E-state index is 12.8.